The Hall–Kier alpha value is -3.04. The molecule has 3 aromatic rings. The molecule has 2 N–H and O–H groups in total. The van der Waals surface area contributed by atoms with E-state index in [1.54, 1.807) is 0 Å². The molecule has 0 spiro atoms. The number of thiophene rings is 1. The zero-order chi connectivity index (χ0) is 23.4. The largest absolute Gasteiger partial charge is 0.351 e. The minimum Gasteiger partial charge on any atom is -0.351 e. The molecule has 3 heterocycles. The Morgan fingerprint density at radius 3 is 2.58 bits per heavy atom. The maximum atomic E-state index is 12.7. The van der Waals surface area contributed by atoms with Gasteiger partial charge in [0, 0.05) is 50.4 Å². The fraction of sp³-hybridized carbons (Fsp3) is 0.417. The maximum absolute atomic E-state index is 12.7. The van der Waals surface area contributed by atoms with Crippen LogP contribution in [0.1, 0.15) is 28.2 Å². The molecule has 1 aliphatic rings. The number of benzene rings is 1. The van der Waals surface area contributed by atoms with Crippen LogP contribution in [0.3, 0.4) is 0 Å². The van der Waals surface area contributed by atoms with Gasteiger partial charge in [-0.2, -0.15) is 0 Å². The third-order valence-electron chi connectivity index (χ3n) is 6.09. The van der Waals surface area contributed by atoms with E-state index in [1.807, 2.05) is 49.1 Å². The van der Waals surface area contributed by atoms with Gasteiger partial charge in [-0.15, -0.1) is 11.3 Å². The van der Waals surface area contributed by atoms with Crippen molar-refractivity contribution in [3.63, 3.8) is 0 Å². The van der Waals surface area contributed by atoms with Crippen LogP contribution >= 0.6 is 11.3 Å². The van der Waals surface area contributed by atoms with E-state index < -0.39 is 0 Å². The molecule has 2 aromatic heterocycles. The second-order valence-corrected chi connectivity index (χ2v) is 9.60. The van der Waals surface area contributed by atoms with Crippen LogP contribution in [0.25, 0.3) is 10.2 Å². The van der Waals surface area contributed by atoms with Crippen molar-refractivity contribution in [1.29, 1.82) is 0 Å². The number of piperazine rings is 1. The van der Waals surface area contributed by atoms with E-state index in [0.29, 0.717) is 63.3 Å². The van der Waals surface area contributed by atoms with Crippen LogP contribution in [-0.2, 0) is 22.6 Å². The lowest BCUT2D eigenvalue weighted by atomic mass is 10.2. The van der Waals surface area contributed by atoms with Gasteiger partial charge in [-0.3, -0.25) is 19.3 Å². The number of nitrogens with one attached hydrogen (secondary N) is 2. The normalized spacial score (nSPS) is 14.5. The lowest BCUT2D eigenvalue weighted by Crippen LogP contribution is -2.51. The Kier molecular flexibility index (Phi) is 7.20. The van der Waals surface area contributed by atoms with Gasteiger partial charge in [-0.05, 0) is 25.0 Å². The lowest BCUT2D eigenvalue weighted by molar-refractivity contribution is -0.133. The van der Waals surface area contributed by atoms with Gasteiger partial charge in [0.2, 0.25) is 11.8 Å². The van der Waals surface area contributed by atoms with Crippen molar-refractivity contribution in [3.8, 4) is 0 Å². The number of hydrogen-bond acceptors (Lipinski definition) is 6. The summed E-state index contributed by atoms with van der Waals surface area (Å²) in [6.45, 7) is 7.29. The molecule has 1 aliphatic heterocycles. The molecule has 0 saturated carbocycles. The van der Waals surface area contributed by atoms with Crippen LogP contribution in [0.15, 0.2) is 35.1 Å². The van der Waals surface area contributed by atoms with Gasteiger partial charge in [0.25, 0.3) is 5.56 Å². The second kappa shape index (κ2) is 10.3. The van der Waals surface area contributed by atoms with Gasteiger partial charge in [0.15, 0.2) is 0 Å². The number of aromatic amines is 1. The standard InChI is InChI=1S/C24H29N5O3S/c1-16-17(2)33-24-22(16)23(32)26-19(27-24)8-9-21(31)29-12-10-28(11-13-29)15-20(30)25-14-18-6-4-3-5-7-18/h3-7H,8-15H2,1-2H3,(H,25,30)(H,26,27,32). The highest BCUT2D eigenvalue weighted by Crippen LogP contribution is 2.25. The number of rotatable bonds is 7. The summed E-state index contributed by atoms with van der Waals surface area (Å²) >= 11 is 1.51. The molecule has 0 unspecified atom stereocenters. The van der Waals surface area contributed by atoms with Crippen molar-refractivity contribution in [2.75, 3.05) is 32.7 Å². The SMILES string of the molecule is Cc1sc2nc(CCC(=O)N3CCN(CC(=O)NCc4ccccc4)CC3)[nH]c(=O)c2c1C. The highest BCUT2D eigenvalue weighted by molar-refractivity contribution is 7.18. The molecule has 0 bridgehead atoms. The summed E-state index contributed by atoms with van der Waals surface area (Å²) in [7, 11) is 0. The van der Waals surface area contributed by atoms with E-state index in [9.17, 15) is 14.4 Å². The van der Waals surface area contributed by atoms with E-state index >= 15 is 0 Å². The zero-order valence-electron chi connectivity index (χ0n) is 19.0. The fourth-order valence-electron chi connectivity index (χ4n) is 4.01. The average Bonchev–Trinajstić information content (AvgIpc) is 3.11. The summed E-state index contributed by atoms with van der Waals surface area (Å²) < 4.78 is 0. The first-order valence-electron chi connectivity index (χ1n) is 11.2. The van der Waals surface area contributed by atoms with Gasteiger partial charge in [0.05, 0.1) is 11.9 Å². The number of carbonyl (C=O) groups is 2. The molecule has 8 nitrogen and oxygen atoms in total. The molecule has 174 valence electrons. The molecular formula is C24H29N5O3S. The smallest absolute Gasteiger partial charge is 0.259 e. The minimum atomic E-state index is -0.136. The molecule has 0 aliphatic carbocycles. The number of carbonyl (C=O) groups excluding carboxylic acids is 2. The number of hydrogen-bond donors (Lipinski definition) is 2. The van der Waals surface area contributed by atoms with Crippen molar-refractivity contribution < 1.29 is 9.59 Å². The zero-order valence-corrected chi connectivity index (χ0v) is 19.8. The van der Waals surface area contributed by atoms with Gasteiger partial charge >= 0.3 is 0 Å². The summed E-state index contributed by atoms with van der Waals surface area (Å²) in [4.78, 5) is 50.4. The molecule has 0 atom stereocenters. The van der Waals surface area contributed by atoms with Gasteiger partial charge in [-0.1, -0.05) is 30.3 Å². The Bertz CT molecular complexity index is 1200. The predicted molar refractivity (Wildman–Crippen MR) is 129 cm³/mol. The summed E-state index contributed by atoms with van der Waals surface area (Å²) in [5, 5.41) is 3.59. The van der Waals surface area contributed by atoms with Gasteiger partial charge < -0.3 is 15.2 Å². The van der Waals surface area contributed by atoms with Crippen LogP contribution in [0, 0.1) is 13.8 Å². The Labute approximate surface area is 196 Å². The molecule has 2 amide bonds. The van der Waals surface area contributed by atoms with Gasteiger partial charge in [-0.25, -0.2) is 4.98 Å². The number of amides is 2. The Balaban J connectivity index is 1.22. The highest BCUT2D eigenvalue weighted by atomic mass is 32.1. The van der Waals surface area contributed by atoms with E-state index in [0.717, 1.165) is 20.8 Å². The number of aryl methyl sites for hydroxylation is 3. The molecule has 33 heavy (non-hydrogen) atoms. The van der Waals surface area contributed by atoms with Crippen molar-refractivity contribution >= 4 is 33.4 Å². The van der Waals surface area contributed by atoms with Crippen molar-refractivity contribution in [3.05, 3.63) is 62.5 Å². The Morgan fingerprint density at radius 1 is 1.12 bits per heavy atom. The molecule has 9 heteroatoms. The summed E-state index contributed by atoms with van der Waals surface area (Å²) in [5.41, 5.74) is 1.90. The average molecular weight is 468 g/mol. The number of aromatic nitrogens is 2. The van der Waals surface area contributed by atoms with Crippen LogP contribution < -0.4 is 10.9 Å². The second-order valence-electron chi connectivity index (χ2n) is 8.40. The van der Waals surface area contributed by atoms with Crippen LogP contribution in [0.4, 0.5) is 0 Å². The fourth-order valence-corrected chi connectivity index (χ4v) is 5.06. The molecule has 1 fully saturated rings. The van der Waals surface area contributed by atoms with E-state index in [-0.39, 0.29) is 17.4 Å². The quantitative estimate of drug-likeness (QED) is 0.554. The van der Waals surface area contributed by atoms with Crippen molar-refractivity contribution in [2.45, 2.75) is 33.2 Å². The minimum absolute atomic E-state index is 0.0110. The number of fused-ring (bicyclic) bond motifs is 1. The summed E-state index contributed by atoms with van der Waals surface area (Å²) in [5.74, 6) is 0.586. The molecule has 1 aromatic carbocycles. The van der Waals surface area contributed by atoms with Crippen molar-refractivity contribution in [1.82, 2.24) is 25.1 Å². The number of nitrogens with zero attached hydrogens (tertiary/aromatic N) is 3. The van der Waals surface area contributed by atoms with Crippen molar-refractivity contribution in [2.24, 2.45) is 0 Å². The highest BCUT2D eigenvalue weighted by Gasteiger charge is 2.22. The monoisotopic (exact) mass is 467 g/mol. The first-order valence-corrected chi connectivity index (χ1v) is 12.0. The topological polar surface area (TPSA) is 98.4 Å². The number of H-pyrrole nitrogens is 1. The van der Waals surface area contributed by atoms with E-state index in [1.165, 1.54) is 11.3 Å². The predicted octanol–water partition coefficient (Wildman–Crippen LogP) is 1.99. The maximum Gasteiger partial charge on any atom is 0.259 e. The third kappa shape index (κ3) is 5.66. The first-order chi connectivity index (χ1) is 15.9. The molecule has 4 rings (SSSR count). The molecule has 0 radical (unpaired) electrons. The van der Waals surface area contributed by atoms with Gasteiger partial charge in [0.1, 0.15) is 10.7 Å². The molecule has 1 saturated heterocycles. The van der Waals surface area contributed by atoms with Crippen LogP contribution in [-0.4, -0.2) is 64.3 Å². The lowest BCUT2D eigenvalue weighted by Gasteiger charge is -2.34. The molecular weight excluding hydrogens is 438 g/mol. The Morgan fingerprint density at radius 2 is 1.85 bits per heavy atom. The van der Waals surface area contributed by atoms with Crippen LogP contribution in [0.5, 0.6) is 0 Å². The van der Waals surface area contributed by atoms with Crippen LogP contribution in [0.2, 0.25) is 0 Å². The van der Waals surface area contributed by atoms with E-state index in [2.05, 4.69) is 20.2 Å². The summed E-state index contributed by atoms with van der Waals surface area (Å²) in [6.07, 6.45) is 0.706. The third-order valence-corrected chi connectivity index (χ3v) is 7.19. The van der Waals surface area contributed by atoms with E-state index in [4.69, 9.17) is 0 Å². The summed E-state index contributed by atoms with van der Waals surface area (Å²) in [6, 6.07) is 9.82. The first kappa shape index (κ1) is 23.1.